The lowest BCUT2D eigenvalue weighted by atomic mass is 9.96. The van der Waals surface area contributed by atoms with Crippen LogP contribution in [0.3, 0.4) is 0 Å². The predicted octanol–water partition coefficient (Wildman–Crippen LogP) is 1.12. The van der Waals surface area contributed by atoms with Crippen LogP contribution in [-0.4, -0.2) is 42.8 Å². The Morgan fingerprint density at radius 3 is 2.33 bits per heavy atom. The molecule has 98 valence electrons. The minimum Gasteiger partial charge on any atom is -0.395 e. The highest BCUT2D eigenvalue weighted by atomic mass is 16.3. The number of rotatable bonds is 4. The lowest BCUT2D eigenvalue weighted by molar-refractivity contribution is 0.233. The molecule has 0 amide bonds. The van der Waals surface area contributed by atoms with E-state index in [0.717, 1.165) is 45.6 Å². The summed E-state index contributed by atoms with van der Waals surface area (Å²) < 4.78 is 0. The van der Waals surface area contributed by atoms with E-state index in [-0.39, 0.29) is 5.41 Å². The lowest BCUT2D eigenvalue weighted by Gasteiger charge is -2.27. The molecule has 0 atom stereocenters. The van der Waals surface area contributed by atoms with E-state index in [1.165, 1.54) is 11.1 Å². The van der Waals surface area contributed by atoms with Crippen molar-refractivity contribution in [3.05, 3.63) is 35.4 Å². The molecule has 2 N–H and O–H groups in total. The fourth-order valence-electron chi connectivity index (χ4n) is 2.78. The lowest BCUT2D eigenvalue weighted by Crippen LogP contribution is -2.42. The summed E-state index contributed by atoms with van der Waals surface area (Å²) >= 11 is 0. The highest BCUT2D eigenvalue weighted by molar-refractivity contribution is 5.33. The van der Waals surface area contributed by atoms with Crippen molar-refractivity contribution in [3.63, 3.8) is 0 Å². The zero-order valence-electron chi connectivity index (χ0n) is 10.9. The normalized spacial score (nSPS) is 22.9. The summed E-state index contributed by atoms with van der Waals surface area (Å²) in [6.45, 7) is 5.83. The van der Waals surface area contributed by atoms with Crippen LogP contribution in [0.4, 0.5) is 0 Å². The van der Waals surface area contributed by atoms with Crippen molar-refractivity contribution >= 4 is 0 Å². The molecule has 1 aromatic rings. The van der Waals surface area contributed by atoms with E-state index in [4.69, 9.17) is 0 Å². The van der Waals surface area contributed by atoms with E-state index in [1.54, 1.807) is 0 Å². The van der Waals surface area contributed by atoms with Gasteiger partial charge >= 0.3 is 0 Å². The van der Waals surface area contributed by atoms with Crippen LogP contribution in [-0.2, 0) is 12.0 Å². The third-order valence-corrected chi connectivity index (χ3v) is 4.34. The number of nitrogens with one attached hydrogen (secondary N) is 1. The molecule has 3 nitrogen and oxygen atoms in total. The molecule has 3 rings (SSSR count). The van der Waals surface area contributed by atoms with E-state index < -0.39 is 0 Å². The molecule has 0 radical (unpaired) electrons. The van der Waals surface area contributed by atoms with Gasteiger partial charge in [0.1, 0.15) is 0 Å². The summed E-state index contributed by atoms with van der Waals surface area (Å²) in [7, 11) is 0. The van der Waals surface area contributed by atoms with E-state index >= 15 is 0 Å². The van der Waals surface area contributed by atoms with Crippen molar-refractivity contribution in [2.75, 3.05) is 32.8 Å². The average Bonchev–Trinajstić information content (AvgIpc) is 3.22. The van der Waals surface area contributed by atoms with Gasteiger partial charge in [-0.15, -0.1) is 0 Å². The van der Waals surface area contributed by atoms with Crippen LogP contribution >= 0.6 is 0 Å². The summed E-state index contributed by atoms with van der Waals surface area (Å²) in [5.74, 6) is 0. The summed E-state index contributed by atoms with van der Waals surface area (Å²) in [5.41, 5.74) is 2.80. The zero-order chi connectivity index (χ0) is 12.4. The molecular formula is C15H22N2O. The van der Waals surface area contributed by atoms with Crippen LogP contribution in [0.2, 0.25) is 0 Å². The Bertz CT molecular complexity index is 391. The molecule has 0 bridgehead atoms. The highest BCUT2D eigenvalue weighted by Crippen LogP contribution is 2.47. The van der Waals surface area contributed by atoms with Gasteiger partial charge in [-0.05, 0) is 24.0 Å². The molecule has 0 aromatic heterocycles. The molecule has 1 saturated carbocycles. The van der Waals surface area contributed by atoms with Gasteiger partial charge in [-0.1, -0.05) is 24.3 Å². The number of nitrogens with zero attached hydrogens (tertiary/aromatic N) is 1. The first-order chi connectivity index (χ1) is 8.82. The first-order valence-corrected chi connectivity index (χ1v) is 6.96. The molecule has 1 aliphatic carbocycles. The predicted molar refractivity (Wildman–Crippen MR) is 72.6 cm³/mol. The Hall–Kier alpha value is -0.900. The fourth-order valence-corrected chi connectivity index (χ4v) is 2.78. The first-order valence-electron chi connectivity index (χ1n) is 6.96. The molecule has 18 heavy (non-hydrogen) atoms. The Labute approximate surface area is 109 Å². The molecule has 2 fully saturated rings. The minimum absolute atomic E-state index is 0.105. The SMILES string of the molecule is OCC1(c2ccc(CN3CCNCC3)cc2)CC1. The second kappa shape index (κ2) is 5.00. The van der Waals surface area contributed by atoms with Crippen molar-refractivity contribution in [2.24, 2.45) is 0 Å². The Balaban J connectivity index is 1.64. The number of aliphatic hydroxyl groups excluding tert-OH is 1. The van der Waals surface area contributed by atoms with E-state index in [0.29, 0.717) is 6.61 Å². The molecular weight excluding hydrogens is 224 g/mol. The molecule has 1 heterocycles. The number of aliphatic hydroxyl groups is 1. The number of piperazine rings is 1. The Morgan fingerprint density at radius 1 is 1.11 bits per heavy atom. The summed E-state index contributed by atoms with van der Waals surface area (Å²) in [6.07, 6.45) is 2.28. The van der Waals surface area contributed by atoms with Crippen LogP contribution in [0.1, 0.15) is 24.0 Å². The first kappa shape index (κ1) is 12.2. The van der Waals surface area contributed by atoms with Crippen molar-refractivity contribution in [3.8, 4) is 0 Å². The zero-order valence-corrected chi connectivity index (χ0v) is 10.9. The van der Waals surface area contributed by atoms with Crippen molar-refractivity contribution < 1.29 is 5.11 Å². The van der Waals surface area contributed by atoms with Gasteiger partial charge in [0, 0.05) is 38.1 Å². The Kier molecular flexibility index (Phi) is 3.37. The molecule has 0 unspecified atom stereocenters. The maximum absolute atomic E-state index is 9.43. The molecule has 1 aromatic carbocycles. The Morgan fingerprint density at radius 2 is 1.78 bits per heavy atom. The third-order valence-electron chi connectivity index (χ3n) is 4.34. The summed E-state index contributed by atoms with van der Waals surface area (Å²) in [5, 5.41) is 12.8. The average molecular weight is 246 g/mol. The fraction of sp³-hybridized carbons (Fsp3) is 0.600. The molecule has 1 saturated heterocycles. The van der Waals surface area contributed by atoms with Gasteiger partial charge in [0.2, 0.25) is 0 Å². The number of hydrogen-bond donors (Lipinski definition) is 2. The monoisotopic (exact) mass is 246 g/mol. The highest BCUT2D eigenvalue weighted by Gasteiger charge is 2.43. The van der Waals surface area contributed by atoms with Gasteiger partial charge in [0.15, 0.2) is 0 Å². The maximum atomic E-state index is 9.43. The standard InChI is InChI=1S/C15H22N2O/c18-12-15(5-6-15)14-3-1-13(2-4-14)11-17-9-7-16-8-10-17/h1-4,16,18H,5-12H2. The minimum atomic E-state index is 0.105. The van der Waals surface area contributed by atoms with Gasteiger partial charge in [0.25, 0.3) is 0 Å². The smallest absolute Gasteiger partial charge is 0.0527 e. The van der Waals surface area contributed by atoms with Crippen LogP contribution in [0.25, 0.3) is 0 Å². The van der Waals surface area contributed by atoms with Gasteiger partial charge in [-0.3, -0.25) is 4.90 Å². The van der Waals surface area contributed by atoms with Gasteiger partial charge in [0.05, 0.1) is 6.61 Å². The second-order valence-electron chi connectivity index (χ2n) is 5.66. The van der Waals surface area contributed by atoms with E-state index in [2.05, 4.69) is 34.5 Å². The quantitative estimate of drug-likeness (QED) is 0.835. The molecule has 1 aliphatic heterocycles. The van der Waals surface area contributed by atoms with Crippen LogP contribution in [0, 0.1) is 0 Å². The van der Waals surface area contributed by atoms with Gasteiger partial charge < -0.3 is 10.4 Å². The number of hydrogen-bond acceptors (Lipinski definition) is 3. The van der Waals surface area contributed by atoms with Gasteiger partial charge in [-0.25, -0.2) is 0 Å². The summed E-state index contributed by atoms with van der Waals surface area (Å²) in [4.78, 5) is 2.49. The maximum Gasteiger partial charge on any atom is 0.0527 e. The largest absolute Gasteiger partial charge is 0.395 e. The topological polar surface area (TPSA) is 35.5 Å². The molecule has 3 heteroatoms. The summed E-state index contributed by atoms with van der Waals surface area (Å²) in [6, 6.07) is 8.88. The van der Waals surface area contributed by atoms with Crippen molar-refractivity contribution in [2.45, 2.75) is 24.8 Å². The van der Waals surface area contributed by atoms with Crippen molar-refractivity contribution in [1.29, 1.82) is 0 Å². The van der Waals surface area contributed by atoms with Crippen LogP contribution in [0.15, 0.2) is 24.3 Å². The van der Waals surface area contributed by atoms with Crippen LogP contribution < -0.4 is 5.32 Å². The van der Waals surface area contributed by atoms with E-state index in [9.17, 15) is 5.11 Å². The van der Waals surface area contributed by atoms with Gasteiger partial charge in [-0.2, -0.15) is 0 Å². The molecule has 2 aliphatic rings. The third kappa shape index (κ3) is 2.44. The second-order valence-corrected chi connectivity index (χ2v) is 5.66. The van der Waals surface area contributed by atoms with E-state index in [1.807, 2.05) is 0 Å². The molecule has 0 spiro atoms. The van der Waals surface area contributed by atoms with Crippen molar-refractivity contribution in [1.82, 2.24) is 10.2 Å². The number of benzene rings is 1. The van der Waals surface area contributed by atoms with Crippen LogP contribution in [0.5, 0.6) is 0 Å².